The lowest BCUT2D eigenvalue weighted by Gasteiger charge is -2.03. The summed E-state index contributed by atoms with van der Waals surface area (Å²) in [7, 11) is 0. The fraction of sp³-hybridized carbons (Fsp3) is 0.0769. The van der Waals surface area contributed by atoms with Crippen LogP contribution in [0.3, 0.4) is 0 Å². The molecule has 0 unspecified atom stereocenters. The number of pyridine rings is 1. The summed E-state index contributed by atoms with van der Waals surface area (Å²) in [5.74, 6) is -0.830. The first-order valence-corrected chi connectivity index (χ1v) is 6.44. The third-order valence-corrected chi connectivity index (χ3v) is 3.66. The van der Waals surface area contributed by atoms with E-state index in [4.69, 9.17) is 16.7 Å². The SMILES string of the molecule is O=C(O)Cc1ccc(Sc2ncccc2Cl)cc1. The maximum Gasteiger partial charge on any atom is 0.307 e. The fourth-order valence-electron chi connectivity index (χ4n) is 1.41. The highest BCUT2D eigenvalue weighted by atomic mass is 35.5. The molecule has 1 heterocycles. The van der Waals surface area contributed by atoms with Crippen LogP contribution in [0.5, 0.6) is 0 Å². The Morgan fingerprint density at radius 2 is 2.00 bits per heavy atom. The molecule has 18 heavy (non-hydrogen) atoms. The zero-order valence-corrected chi connectivity index (χ0v) is 10.9. The van der Waals surface area contributed by atoms with E-state index in [9.17, 15) is 4.79 Å². The Labute approximate surface area is 114 Å². The van der Waals surface area contributed by atoms with Gasteiger partial charge in [0.15, 0.2) is 0 Å². The van der Waals surface area contributed by atoms with Gasteiger partial charge >= 0.3 is 5.97 Å². The number of nitrogens with zero attached hydrogens (tertiary/aromatic N) is 1. The minimum absolute atomic E-state index is 0.0370. The van der Waals surface area contributed by atoms with Crippen molar-refractivity contribution in [3.8, 4) is 0 Å². The molecule has 5 heteroatoms. The summed E-state index contributed by atoms with van der Waals surface area (Å²) in [5, 5.41) is 10.0. The van der Waals surface area contributed by atoms with Crippen molar-refractivity contribution < 1.29 is 9.90 Å². The average molecular weight is 280 g/mol. The molecular weight excluding hydrogens is 270 g/mol. The van der Waals surface area contributed by atoms with Gasteiger partial charge in [-0.15, -0.1) is 0 Å². The number of aliphatic carboxylic acids is 1. The van der Waals surface area contributed by atoms with Gasteiger partial charge in [-0.1, -0.05) is 35.5 Å². The monoisotopic (exact) mass is 279 g/mol. The molecule has 0 aliphatic carbocycles. The second-order valence-corrected chi connectivity index (χ2v) is 5.08. The summed E-state index contributed by atoms with van der Waals surface area (Å²) in [6.45, 7) is 0. The molecule has 0 aliphatic heterocycles. The predicted octanol–water partition coefficient (Wildman–Crippen LogP) is 3.51. The Hall–Kier alpha value is -1.52. The predicted molar refractivity (Wildman–Crippen MR) is 71.2 cm³/mol. The van der Waals surface area contributed by atoms with E-state index < -0.39 is 5.97 Å². The molecular formula is C13H10ClNO2S. The summed E-state index contributed by atoms with van der Waals surface area (Å²) in [5.41, 5.74) is 0.777. The van der Waals surface area contributed by atoms with Gasteiger partial charge in [-0.25, -0.2) is 4.98 Å². The van der Waals surface area contributed by atoms with E-state index in [0.717, 1.165) is 15.5 Å². The van der Waals surface area contributed by atoms with Crippen LogP contribution in [0, 0.1) is 0 Å². The number of hydrogen-bond donors (Lipinski definition) is 1. The topological polar surface area (TPSA) is 50.2 Å². The standard InChI is InChI=1S/C13H10ClNO2S/c14-11-2-1-7-15-13(11)18-10-5-3-9(4-6-10)8-12(16)17/h1-7H,8H2,(H,16,17). The Morgan fingerprint density at radius 1 is 1.28 bits per heavy atom. The number of carboxylic acid groups (broad SMARTS) is 1. The second kappa shape index (κ2) is 5.89. The average Bonchev–Trinajstić information content (AvgIpc) is 2.34. The first-order chi connectivity index (χ1) is 8.65. The van der Waals surface area contributed by atoms with Crippen LogP contribution in [0.1, 0.15) is 5.56 Å². The van der Waals surface area contributed by atoms with Gasteiger partial charge in [0.1, 0.15) is 5.03 Å². The van der Waals surface area contributed by atoms with Crippen LogP contribution in [-0.2, 0) is 11.2 Å². The van der Waals surface area contributed by atoms with Crippen LogP contribution >= 0.6 is 23.4 Å². The minimum atomic E-state index is -0.830. The fourth-order valence-corrected chi connectivity index (χ4v) is 2.42. The highest BCUT2D eigenvalue weighted by Gasteiger charge is 2.04. The lowest BCUT2D eigenvalue weighted by molar-refractivity contribution is -0.136. The van der Waals surface area contributed by atoms with Crippen LogP contribution in [0.2, 0.25) is 5.02 Å². The smallest absolute Gasteiger partial charge is 0.307 e. The number of benzene rings is 1. The van der Waals surface area contributed by atoms with Crippen LogP contribution in [0.25, 0.3) is 0 Å². The van der Waals surface area contributed by atoms with E-state index in [1.54, 1.807) is 30.5 Å². The van der Waals surface area contributed by atoms with Crippen LogP contribution in [0.15, 0.2) is 52.5 Å². The number of hydrogen-bond acceptors (Lipinski definition) is 3. The highest BCUT2D eigenvalue weighted by Crippen LogP contribution is 2.31. The van der Waals surface area contributed by atoms with Gasteiger partial charge in [0.25, 0.3) is 0 Å². The van der Waals surface area contributed by atoms with Gasteiger partial charge in [-0.05, 0) is 29.8 Å². The van der Waals surface area contributed by atoms with Crippen molar-refractivity contribution in [2.24, 2.45) is 0 Å². The Balaban J connectivity index is 2.11. The normalized spacial score (nSPS) is 10.3. The number of rotatable bonds is 4. The van der Waals surface area contributed by atoms with Crippen LogP contribution in [0.4, 0.5) is 0 Å². The number of carbonyl (C=O) groups is 1. The summed E-state index contributed by atoms with van der Waals surface area (Å²) in [6, 6.07) is 10.9. The molecule has 0 aliphatic rings. The summed E-state index contributed by atoms with van der Waals surface area (Å²) in [4.78, 5) is 15.7. The van der Waals surface area contributed by atoms with E-state index in [1.165, 1.54) is 11.8 Å². The van der Waals surface area contributed by atoms with Gasteiger partial charge in [-0.2, -0.15) is 0 Å². The zero-order valence-electron chi connectivity index (χ0n) is 9.34. The molecule has 1 N–H and O–H groups in total. The third kappa shape index (κ3) is 3.48. The largest absolute Gasteiger partial charge is 0.481 e. The molecule has 2 aromatic rings. The zero-order chi connectivity index (χ0) is 13.0. The second-order valence-electron chi connectivity index (χ2n) is 3.61. The number of halogens is 1. The van der Waals surface area contributed by atoms with Crippen molar-refractivity contribution in [3.63, 3.8) is 0 Å². The number of aromatic nitrogens is 1. The maximum atomic E-state index is 10.6. The van der Waals surface area contributed by atoms with Crippen molar-refractivity contribution >= 4 is 29.3 Å². The Morgan fingerprint density at radius 3 is 2.61 bits per heavy atom. The summed E-state index contributed by atoms with van der Waals surface area (Å²) >= 11 is 7.46. The van der Waals surface area contributed by atoms with Crippen LogP contribution in [-0.4, -0.2) is 16.1 Å². The molecule has 1 aromatic heterocycles. The van der Waals surface area contributed by atoms with Gasteiger partial charge in [-0.3, -0.25) is 4.79 Å². The molecule has 0 amide bonds. The van der Waals surface area contributed by atoms with Gasteiger partial charge in [0.2, 0.25) is 0 Å². The molecule has 0 saturated heterocycles. The highest BCUT2D eigenvalue weighted by molar-refractivity contribution is 7.99. The van der Waals surface area contributed by atoms with E-state index in [0.29, 0.717) is 5.02 Å². The molecule has 0 fully saturated rings. The third-order valence-electron chi connectivity index (χ3n) is 2.22. The first-order valence-electron chi connectivity index (χ1n) is 5.24. The van der Waals surface area contributed by atoms with E-state index in [-0.39, 0.29) is 6.42 Å². The molecule has 0 radical (unpaired) electrons. The molecule has 92 valence electrons. The molecule has 0 spiro atoms. The van der Waals surface area contributed by atoms with Crippen molar-refractivity contribution in [3.05, 3.63) is 53.2 Å². The quantitative estimate of drug-likeness (QED) is 0.930. The summed E-state index contributed by atoms with van der Waals surface area (Å²) in [6.07, 6.45) is 1.72. The Kier molecular flexibility index (Phi) is 4.23. The van der Waals surface area contributed by atoms with Crippen molar-refractivity contribution in [2.45, 2.75) is 16.3 Å². The maximum absolute atomic E-state index is 10.6. The van der Waals surface area contributed by atoms with E-state index in [1.807, 2.05) is 12.1 Å². The van der Waals surface area contributed by atoms with Gasteiger partial charge < -0.3 is 5.11 Å². The lowest BCUT2D eigenvalue weighted by atomic mass is 10.2. The molecule has 3 nitrogen and oxygen atoms in total. The van der Waals surface area contributed by atoms with Gasteiger partial charge in [0.05, 0.1) is 11.4 Å². The van der Waals surface area contributed by atoms with Crippen molar-refractivity contribution in [2.75, 3.05) is 0 Å². The first kappa shape index (κ1) is 12.9. The van der Waals surface area contributed by atoms with E-state index >= 15 is 0 Å². The molecule has 0 saturated carbocycles. The molecule has 0 atom stereocenters. The minimum Gasteiger partial charge on any atom is -0.481 e. The van der Waals surface area contributed by atoms with E-state index in [2.05, 4.69) is 4.98 Å². The molecule has 2 rings (SSSR count). The Bertz CT molecular complexity index is 557. The van der Waals surface area contributed by atoms with Crippen LogP contribution < -0.4 is 0 Å². The van der Waals surface area contributed by atoms with Gasteiger partial charge in [0, 0.05) is 11.1 Å². The van der Waals surface area contributed by atoms with Crippen molar-refractivity contribution in [1.29, 1.82) is 0 Å². The number of carboxylic acids is 1. The van der Waals surface area contributed by atoms with Crippen molar-refractivity contribution in [1.82, 2.24) is 4.98 Å². The molecule has 0 bridgehead atoms. The lowest BCUT2D eigenvalue weighted by Crippen LogP contribution is -1.99. The molecule has 1 aromatic carbocycles. The summed E-state index contributed by atoms with van der Waals surface area (Å²) < 4.78 is 0.